The summed E-state index contributed by atoms with van der Waals surface area (Å²) in [4.78, 5) is 49.5. The lowest BCUT2D eigenvalue weighted by Crippen LogP contribution is -2.40. The molecule has 0 bridgehead atoms. The third-order valence-electron chi connectivity index (χ3n) is 10.8. The lowest BCUT2D eigenvalue weighted by Gasteiger charge is -2.31. The van der Waals surface area contributed by atoms with Crippen molar-refractivity contribution in [3.05, 3.63) is 138 Å². The number of carbonyl (C=O) groups excluding carboxylic acids is 2. The van der Waals surface area contributed by atoms with Gasteiger partial charge in [-0.25, -0.2) is 9.97 Å². The number of carbonyl (C=O) groups is 2. The molecule has 2 aromatic heterocycles. The van der Waals surface area contributed by atoms with Crippen molar-refractivity contribution in [1.82, 2.24) is 34.6 Å². The quantitative estimate of drug-likeness (QED) is 0.133. The minimum Gasteiger partial charge on any atom is -0.508 e. The maximum atomic E-state index is 13.9. The number of imidazole rings is 2. The zero-order valence-electron chi connectivity index (χ0n) is 30.7. The van der Waals surface area contributed by atoms with E-state index in [2.05, 4.69) is 58.5 Å². The number of nitrogens with one attached hydrogen (secondary N) is 2. The minimum absolute atomic E-state index is 0.0363. The molecule has 0 spiro atoms. The Morgan fingerprint density at radius 1 is 0.722 bits per heavy atom. The maximum Gasteiger partial charge on any atom is 0.245 e. The van der Waals surface area contributed by atoms with E-state index in [4.69, 9.17) is 9.97 Å². The van der Waals surface area contributed by atoms with E-state index < -0.39 is 0 Å². The Morgan fingerprint density at radius 2 is 1.26 bits per heavy atom. The first-order valence-corrected chi connectivity index (χ1v) is 18.7. The number of likely N-dealkylation sites (N-methyl/N-ethyl adjacent to an activating group) is 1. The average Bonchev–Trinajstić information content (AvgIpc) is 4.02. The topological polar surface area (TPSA) is 121 Å². The Labute approximate surface area is 315 Å². The number of likely N-dealkylation sites (tertiary alicyclic amines) is 2. The summed E-state index contributed by atoms with van der Waals surface area (Å²) in [5.74, 6) is 1.92. The van der Waals surface area contributed by atoms with Gasteiger partial charge >= 0.3 is 0 Å². The van der Waals surface area contributed by atoms with Crippen LogP contribution in [0.5, 0.6) is 5.75 Å². The van der Waals surface area contributed by atoms with E-state index in [9.17, 15) is 14.7 Å². The summed E-state index contributed by atoms with van der Waals surface area (Å²) in [6.07, 6.45) is 7.57. The maximum absolute atomic E-state index is 13.9. The fraction of sp³-hybridized carbons (Fsp3) is 0.273. The van der Waals surface area contributed by atoms with Crippen molar-refractivity contribution in [3.8, 4) is 39.4 Å². The third kappa shape index (κ3) is 7.17. The highest BCUT2D eigenvalue weighted by atomic mass is 16.3. The number of amides is 2. The van der Waals surface area contributed by atoms with Crippen molar-refractivity contribution in [3.63, 3.8) is 0 Å². The van der Waals surface area contributed by atoms with Gasteiger partial charge in [-0.2, -0.15) is 0 Å². The van der Waals surface area contributed by atoms with Crippen LogP contribution in [0, 0.1) is 0 Å². The molecule has 10 nitrogen and oxygen atoms in total. The molecule has 0 unspecified atom stereocenters. The van der Waals surface area contributed by atoms with E-state index in [0.29, 0.717) is 13.1 Å². The molecule has 4 aromatic carbocycles. The van der Waals surface area contributed by atoms with Gasteiger partial charge in [-0.1, -0.05) is 91.0 Å². The lowest BCUT2D eigenvalue weighted by molar-refractivity contribution is -0.137. The number of nitrogens with zero attached hydrogens (tertiary/aromatic N) is 5. The highest BCUT2D eigenvalue weighted by Gasteiger charge is 2.37. The van der Waals surface area contributed by atoms with Gasteiger partial charge in [0.2, 0.25) is 11.8 Å². The molecular weight excluding hydrogens is 675 g/mol. The molecule has 2 fully saturated rings. The Balaban J connectivity index is 0.919. The summed E-state index contributed by atoms with van der Waals surface area (Å²) < 4.78 is 0. The van der Waals surface area contributed by atoms with Crippen molar-refractivity contribution in [2.45, 2.75) is 50.2 Å². The molecular formula is C44H45N7O3. The highest BCUT2D eigenvalue weighted by molar-refractivity contribution is 5.84. The van der Waals surface area contributed by atoms with Crippen molar-refractivity contribution in [2.24, 2.45) is 0 Å². The molecule has 6 aromatic rings. The van der Waals surface area contributed by atoms with Crippen LogP contribution in [0.2, 0.25) is 0 Å². The summed E-state index contributed by atoms with van der Waals surface area (Å²) in [5, 5.41) is 9.81. The van der Waals surface area contributed by atoms with E-state index in [1.54, 1.807) is 18.2 Å². The van der Waals surface area contributed by atoms with Crippen LogP contribution in [0.15, 0.2) is 116 Å². The van der Waals surface area contributed by atoms with Crippen molar-refractivity contribution in [2.75, 3.05) is 27.2 Å². The number of phenols is 1. The zero-order chi connectivity index (χ0) is 37.2. The van der Waals surface area contributed by atoms with Crippen LogP contribution in [0.1, 0.15) is 66.6 Å². The van der Waals surface area contributed by atoms with Crippen molar-refractivity contribution < 1.29 is 14.7 Å². The molecule has 4 heterocycles. The number of aromatic amines is 2. The second-order valence-electron chi connectivity index (χ2n) is 14.6. The van der Waals surface area contributed by atoms with Crippen LogP contribution in [0.25, 0.3) is 33.6 Å². The van der Waals surface area contributed by atoms with Crippen LogP contribution in [-0.4, -0.2) is 78.7 Å². The number of aromatic hydroxyl groups is 1. The van der Waals surface area contributed by atoms with Crippen LogP contribution in [0.4, 0.5) is 0 Å². The van der Waals surface area contributed by atoms with Crippen molar-refractivity contribution >= 4 is 11.8 Å². The predicted molar refractivity (Wildman–Crippen MR) is 209 cm³/mol. The molecule has 10 heteroatoms. The lowest BCUT2D eigenvalue weighted by atomic mass is 10.0. The molecule has 8 rings (SSSR count). The van der Waals surface area contributed by atoms with Crippen LogP contribution < -0.4 is 0 Å². The average molecular weight is 720 g/mol. The Bertz CT molecular complexity index is 2230. The Hall–Kier alpha value is -6.00. The first-order chi connectivity index (χ1) is 26.3. The molecule has 3 atom stereocenters. The highest BCUT2D eigenvalue weighted by Crippen LogP contribution is 2.36. The largest absolute Gasteiger partial charge is 0.508 e. The molecule has 3 N–H and O–H groups in total. The van der Waals surface area contributed by atoms with Gasteiger partial charge in [0.25, 0.3) is 0 Å². The molecule has 54 heavy (non-hydrogen) atoms. The normalized spacial score (nSPS) is 17.7. The fourth-order valence-corrected chi connectivity index (χ4v) is 8.05. The smallest absolute Gasteiger partial charge is 0.245 e. The van der Waals surface area contributed by atoms with Crippen LogP contribution >= 0.6 is 0 Å². The van der Waals surface area contributed by atoms with Crippen molar-refractivity contribution in [1.29, 1.82) is 0 Å². The molecule has 2 amide bonds. The molecule has 274 valence electrons. The SMILES string of the molecule is CN(C)[C@@H](C(=O)N1CCC[C@H]1c1ncc(-c2ccc(-c3ccc(-c4cnc([C@@H]5CCCN5C(=O)Cc5cccc(O)c5)[nH]4)cc3)cc2)[nH]1)c1ccccc1. The van der Waals surface area contributed by atoms with Gasteiger partial charge in [-0.15, -0.1) is 0 Å². The van der Waals surface area contributed by atoms with E-state index in [1.165, 1.54) is 0 Å². The standard InChI is InChI=1S/C44H45N7O3/c1-49(2)41(34-10-4-3-5-11-34)44(54)51-24-8-14-39(51)43-46-28-37(48-43)33-21-17-31(18-22-33)30-15-19-32(20-16-30)36-27-45-42(47-36)38-13-7-23-50(38)40(53)26-29-9-6-12-35(52)25-29/h3-6,9-12,15-22,25,27-28,38-39,41,52H,7-8,13-14,23-24,26H2,1-2H3,(H,45,47)(H,46,48)/t38-,39-,41+/m0/s1. The predicted octanol–water partition coefficient (Wildman–Crippen LogP) is 7.71. The Kier molecular flexibility index (Phi) is 9.84. The number of benzene rings is 4. The van der Waals surface area contributed by atoms with Crippen LogP contribution in [0.3, 0.4) is 0 Å². The first-order valence-electron chi connectivity index (χ1n) is 18.7. The molecule has 2 saturated heterocycles. The molecule has 0 radical (unpaired) electrons. The van der Waals surface area contributed by atoms with E-state index in [0.717, 1.165) is 82.1 Å². The van der Waals surface area contributed by atoms with Gasteiger partial charge in [-0.05, 0) is 85.3 Å². The summed E-state index contributed by atoms with van der Waals surface area (Å²) in [7, 11) is 3.91. The van der Waals surface area contributed by atoms with Gasteiger partial charge in [0.15, 0.2) is 0 Å². The number of hydrogen-bond acceptors (Lipinski definition) is 6. The van der Waals surface area contributed by atoms with Crippen LogP contribution in [-0.2, 0) is 16.0 Å². The second kappa shape index (κ2) is 15.2. The van der Waals surface area contributed by atoms with Gasteiger partial charge in [0.1, 0.15) is 23.4 Å². The number of phenolic OH excluding ortho intramolecular Hbond substituents is 1. The second-order valence-corrected chi connectivity index (χ2v) is 14.6. The van der Waals surface area contributed by atoms with Gasteiger partial charge in [0, 0.05) is 13.1 Å². The van der Waals surface area contributed by atoms with E-state index in [-0.39, 0.29) is 42.1 Å². The number of hydrogen-bond donors (Lipinski definition) is 3. The van der Waals surface area contributed by atoms with Gasteiger partial charge in [0.05, 0.1) is 42.3 Å². The third-order valence-corrected chi connectivity index (χ3v) is 10.8. The summed E-state index contributed by atoms with van der Waals surface area (Å²) in [6, 6.07) is 33.2. The summed E-state index contributed by atoms with van der Waals surface area (Å²) >= 11 is 0. The number of H-pyrrole nitrogens is 2. The van der Waals surface area contributed by atoms with E-state index in [1.807, 2.05) is 77.6 Å². The number of aromatic nitrogens is 4. The molecule has 2 aliphatic heterocycles. The Morgan fingerprint density at radius 3 is 1.81 bits per heavy atom. The molecule has 2 aliphatic rings. The first kappa shape index (κ1) is 35.1. The van der Waals surface area contributed by atoms with Gasteiger partial charge in [-0.3, -0.25) is 14.5 Å². The van der Waals surface area contributed by atoms with Gasteiger partial charge < -0.3 is 24.9 Å². The molecule has 0 aliphatic carbocycles. The fourth-order valence-electron chi connectivity index (χ4n) is 8.05. The number of rotatable bonds is 10. The summed E-state index contributed by atoms with van der Waals surface area (Å²) in [5.41, 5.74) is 7.89. The zero-order valence-corrected chi connectivity index (χ0v) is 30.7. The molecule has 0 saturated carbocycles. The van der Waals surface area contributed by atoms with E-state index >= 15 is 0 Å². The minimum atomic E-state index is -0.344. The summed E-state index contributed by atoms with van der Waals surface area (Å²) in [6.45, 7) is 1.41. The monoisotopic (exact) mass is 719 g/mol.